The van der Waals surface area contributed by atoms with Crippen molar-refractivity contribution in [1.29, 1.82) is 0 Å². The molecule has 0 radical (unpaired) electrons. The minimum atomic E-state index is -1.01. The van der Waals surface area contributed by atoms with Gasteiger partial charge in [-0.05, 0) is 25.5 Å². The highest BCUT2D eigenvalue weighted by atomic mass is 16.4. The summed E-state index contributed by atoms with van der Waals surface area (Å²) in [5, 5.41) is 11.3. The predicted octanol–water partition coefficient (Wildman–Crippen LogP) is 1.59. The number of carbonyl (C=O) groups is 2. The molecule has 0 aromatic heterocycles. The molecule has 0 saturated heterocycles. The normalized spacial score (nSPS) is 11.9. The molecular formula is C12H15NO3. The first-order valence-corrected chi connectivity index (χ1v) is 5.15. The molecule has 2 N–H and O–H groups in total. The summed E-state index contributed by atoms with van der Waals surface area (Å²) in [7, 11) is 0. The highest BCUT2D eigenvalue weighted by molar-refractivity contribution is 5.96. The summed E-state index contributed by atoms with van der Waals surface area (Å²) in [6, 6.07) is 6.21. The number of hydrogen-bond donors (Lipinski definition) is 2. The van der Waals surface area contributed by atoms with Crippen LogP contribution in [0.1, 0.15) is 29.3 Å². The van der Waals surface area contributed by atoms with Crippen molar-refractivity contribution in [3.8, 4) is 0 Å². The van der Waals surface area contributed by atoms with E-state index in [1.165, 1.54) is 0 Å². The van der Waals surface area contributed by atoms with E-state index in [2.05, 4.69) is 5.32 Å². The first kappa shape index (κ1) is 12.2. The first-order valence-electron chi connectivity index (χ1n) is 5.15. The van der Waals surface area contributed by atoms with E-state index < -0.39 is 12.0 Å². The van der Waals surface area contributed by atoms with Gasteiger partial charge in [-0.15, -0.1) is 0 Å². The Morgan fingerprint density at radius 2 is 2.12 bits per heavy atom. The zero-order valence-corrected chi connectivity index (χ0v) is 9.36. The highest BCUT2D eigenvalue weighted by Crippen LogP contribution is 2.04. The van der Waals surface area contributed by atoms with Gasteiger partial charge in [-0.25, -0.2) is 4.79 Å². The van der Waals surface area contributed by atoms with Crippen molar-refractivity contribution < 1.29 is 14.7 Å². The van der Waals surface area contributed by atoms with Gasteiger partial charge in [0, 0.05) is 5.56 Å². The van der Waals surface area contributed by atoms with Crippen LogP contribution in [-0.4, -0.2) is 23.0 Å². The number of rotatable bonds is 4. The Hall–Kier alpha value is -1.84. The van der Waals surface area contributed by atoms with Crippen LogP contribution in [0.25, 0.3) is 0 Å². The second kappa shape index (κ2) is 5.30. The molecule has 0 unspecified atom stereocenters. The van der Waals surface area contributed by atoms with Crippen LogP contribution in [0.2, 0.25) is 0 Å². The molecule has 1 atom stereocenters. The largest absolute Gasteiger partial charge is 0.480 e. The van der Waals surface area contributed by atoms with Gasteiger partial charge >= 0.3 is 5.97 Å². The molecule has 0 aliphatic heterocycles. The molecule has 0 spiro atoms. The van der Waals surface area contributed by atoms with Crippen molar-refractivity contribution in [3.05, 3.63) is 35.4 Å². The van der Waals surface area contributed by atoms with Crippen molar-refractivity contribution in [2.45, 2.75) is 26.3 Å². The maximum Gasteiger partial charge on any atom is 0.326 e. The van der Waals surface area contributed by atoms with Crippen LogP contribution in [0.15, 0.2) is 24.3 Å². The SMILES string of the molecule is CC[C@@H](NC(=O)c1cccc(C)c1)C(=O)O. The summed E-state index contributed by atoms with van der Waals surface area (Å²) in [5.74, 6) is -1.36. The quantitative estimate of drug-likeness (QED) is 0.811. The molecule has 4 nitrogen and oxygen atoms in total. The predicted molar refractivity (Wildman–Crippen MR) is 60.4 cm³/mol. The number of carboxylic acids is 1. The number of nitrogens with one attached hydrogen (secondary N) is 1. The van der Waals surface area contributed by atoms with Gasteiger partial charge in [-0.1, -0.05) is 24.6 Å². The minimum absolute atomic E-state index is 0.349. The van der Waals surface area contributed by atoms with Crippen molar-refractivity contribution in [2.24, 2.45) is 0 Å². The van der Waals surface area contributed by atoms with Crippen molar-refractivity contribution in [2.75, 3.05) is 0 Å². The standard InChI is InChI=1S/C12H15NO3/c1-3-10(12(15)16)13-11(14)9-6-4-5-8(2)7-9/h4-7,10H,3H2,1-2H3,(H,13,14)(H,15,16)/t10-/m1/s1. The summed E-state index contributed by atoms with van der Waals surface area (Å²) < 4.78 is 0. The fraction of sp³-hybridized carbons (Fsp3) is 0.333. The number of hydrogen-bond acceptors (Lipinski definition) is 2. The molecule has 86 valence electrons. The molecule has 16 heavy (non-hydrogen) atoms. The van der Waals surface area contributed by atoms with Crippen LogP contribution in [0, 0.1) is 6.92 Å². The maximum absolute atomic E-state index is 11.7. The fourth-order valence-electron chi connectivity index (χ4n) is 1.37. The average molecular weight is 221 g/mol. The third kappa shape index (κ3) is 3.08. The Morgan fingerprint density at radius 3 is 2.62 bits per heavy atom. The van der Waals surface area contributed by atoms with E-state index in [1.807, 2.05) is 13.0 Å². The summed E-state index contributed by atoms with van der Waals surface area (Å²) in [6.07, 6.45) is 0.368. The Balaban J connectivity index is 2.75. The molecule has 1 aromatic rings. The minimum Gasteiger partial charge on any atom is -0.480 e. The molecule has 1 aromatic carbocycles. The fourth-order valence-corrected chi connectivity index (χ4v) is 1.37. The van der Waals surface area contributed by atoms with Gasteiger partial charge in [0.15, 0.2) is 0 Å². The third-order valence-corrected chi connectivity index (χ3v) is 2.29. The van der Waals surface area contributed by atoms with E-state index in [4.69, 9.17) is 5.11 Å². The van der Waals surface area contributed by atoms with Crippen LogP contribution < -0.4 is 5.32 Å². The van der Waals surface area contributed by atoms with Crippen LogP contribution in [-0.2, 0) is 4.79 Å². The van der Waals surface area contributed by atoms with Gasteiger partial charge in [0.05, 0.1) is 0 Å². The molecule has 0 fully saturated rings. The molecule has 0 bridgehead atoms. The topological polar surface area (TPSA) is 66.4 Å². The Morgan fingerprint density at radius 1 is 1.44 bits per heavy atom. The lowest BCUT2D eigenvalue weighted by molar-refractivity contribution is -0.139. The van der Waals surface area contributed by atoms with Gasteiger partial charge in [-0.2, -0.15) is 0 Å². The third-order valence-electron chi connectivity index (χ3n) is 2.29. The van der Waals surface area contributed by atoms with Gasteiger partial charge in [0.2, 0.25) is 0 Å². The molecule has 0 aliphatic rings. The van der Waals surface area contributed by atoms with Gasteiger partial charge in [0.25, 0.3) is 5.91 Å². The lowest BCUT2D eigenvalue weighted by atomic mass is 10.1. The Bertz CT molecular complexity index is 401. The van der Waals surface area contributed by atoms with Crippen molar-refractivity contribution in [1.82, 2.24) is 5.32 Å². The number of amides is 1. The molecule has 0 saturated carbocycles. The lowest BCUT2D eigenvalue weighted by Crippen LogP contribution is -2.40. The van der Waals surface area contributed by atoms with Crippen molar-refractivity contribution >= 4 is 11.9 Å². The van der Waals surface area contributed by atoms with Gasteiger partial charge < -0.3 is 10.4 Å². The molecule has 0 aliphatic carbocycles. The highest BCUT2D eigenvalue weighted by Gasteiger charge is 2.18. The van der Waals surface area contributed by atoms with E-state index in [1.54, 1.807) is 25.1 Å². The Kier molecular flexibility index (Phi) is 4.05. The second-order valence-corrected chi connectivity index (χ2v) is 3.64. The van der Waals surface area contributed by atoms with Crippen LogP contribution in [0.5, 0.6) is 0 Å². The zero-order valence-electron chi connectivity index (χ0n) is 9.36. The van der Waals surface area contributed by atoms with E-state index in [-0.39, 0.29) is 5.91 Å². The van der Waals surface area contributed by atoms with E-state index >= 15 is 0 Å². The monoisotopic (exact) mass is 221 g/mol. The molecule has 0 heterocycles. The zero-order chi connectivity index (χ0) is 12.1. The van der Waals surface area contributed by atoms with Crippen LogP contribution in [0.3, 0.4) is 0 Å². The summed E-state index contributed by atoms with van der Waals surface area (Å²) >= 11 is 0. The second-order valence-electron chi connectivity index (χ2n) is 3.64. The molecule has 4 heteroatoms. The molecule has 1 amide bonds. The number of aliphatic carboxylic acids is 1. The number of benzene rings is 1. The maximum atomic E-state index is 11.7. The van der Waals surface area contributed by atoms with Gasteiger partial charge in [0.1, 0.15) is 6.04 Å². The summed E-state index contributed by atoms with van der Waals surface area (Å²) in [5.41, 5.74) is 1.45. The van der Waals surface area contributed by atoms with Crippen LogP contribution in [0.4, 0.5) is 0 Å². The number of carboxylic acid groups (broad SMARTS) is 1. The average Bonchev–Trinajstić information content (AvgIpc) is 2.25. The van der Waals surface area contributed by atoms with E-state index in [0.29, 0.717) is 12.0 Å². The van der Waals surface area contributed by atoms with E-state index in [0.717, 1.165) is 5.56 Å². The summed E-state index contributed by atoms with van der Waals surface area (Å²) in [6.45, 7) is 3.60. The first-order chi connectivity index (χ1) is 7.54. The smallest absolute Gasteiger partial charge is 0.326 e. The molecular weight excluding hydrogens is 206 g/mol. The van der Waals surface area contributed by atoms with Crippen molar-refractivity contribution in [3.63, 3.8) is 0 Å². The summed E-state index contributed by atoms with van der Waals surface area (Å²) in [4.78, 5) is 22.4. The number of aryl methyl sites for hydroxylation is 1. The lowest BCUT2D eigenvalue weighted by Gasteiger charge is -2.12. The molecule has 1 rings (SSSR count). The number of carbonyl (C=O) groups excluding carboxylic acids is 1. The Labute approximate surface area is 94.3 Å². The van der Waals surface area contributed by atoms with Gasteiger partial charge in [-0.3, -0.25) is 4.79 Å². The van der Waals surface area contributed by atoms with E-state index in [9.17, 15) is 9.59 Å². The van der Waals surface area contributed by atoms with Crippen LogP contribution >= 0.6 is 0 Å².